The Hall–Kier alpha value is -1.08. The van der Waals surface area contributed by atoms with Crippen LogP contribution in [0.5, 0.6) is 0 Å². The molecule has 0 bridgehead atoms. The maximum atomic E-state index is 9.79. The van der Waals surface area contributed by atoms with Crippen molar-refractivity contribution in [1.29, 1.82) is 0 Å². The summed E-state index contributed by atoms with van der Waals surface area (Å²) in [4.78, 5) is 13.3. The molecule has 0 aliphatic carbocycles. The Morgan fingerprint density at radius 3 is 2.62 bits per heavy atom. The molecule has 1 unspecified atom stereocenters. The van der Waals surface area contributed by atoms with Gasteiger partial charge in [0.05, 0.1) is 18.9 Å². The van der Waals surface area contributed by atoms with Crippen molar-refractivity contribution in [3.8, 4) is 0 Å². The van der Waals surface area contributed by atoms with E-state index in [1.165, 1.54) is 19.3 Å². The smallest absolute Gasteiger partial charge is 0.234 e. The molecule has 0 heterocycles. The molecule has 0 N–H and O–H groups in total. The summed E-state index contributed by atoms with van der Waals surface area (Å²) in [5.74, 6) is 0. The van der Waals surface area contributed by atoms with E-state index >= 15 is 0 Å². The van der Waals surface area contributed by atoms with Crippen LogP contribution in [-0.4, -0.2) is 18.7 Å². The number of nitrogens with zero attached hydrogens (tertiary/aromatic N) is 1. The van der Waals surface area contributed by atoms with Crippen LogP contribution >= 0.6 is 0 Å². The Morgan fingerprint density at radius 2 is 1.94 bits per heavy atom. The molecule has 0 aromatic carbocycles. The van der Waals surface area contributed by atoms with E-state index in [9.17, 15) is 4.79 Å². The summed E-state index contributed by atoms with van der Waals surface area (Å²) in [7, 11) is 0. The highest BCUT2D eigenvalue weighted by Gasteiger charge is 1.99. The number of aliphatic imine (C=N–C) groups is 1. The zero-order valence-electron chi connectivity index (χ0n) is 10.4. The number of rotatable bonds is 10. The predicted octanol–water partition coefficient (Wildman–Crippen LogP) is 3.60. The van der Waals surface area contributed by atoms with Gasteiger partial charge in [0, 0.05) is 0 Å². The van der Waals surface area contributed by atoms with Crippen LogP contribution in [0.15, 0.2) is 17.3 Å². The van der Waals surface area contributed by atoms with Gasteiger partial charge in [0.25, 0.3) is 0 Å². The van der Waals surface area contributed by atoms with E-state index < -0.39 is 0 Å². The van der Waals surface area contributed by atoms with E-state index in [-0.39, 0.29) is 0 Å². The van der Waals surface area contributed by atoms with E-state index in [4.69, 9.17) is 4.74 Å². The molecule has 0 saturated heterocycles. The lowest BCUT2D eigenvalue weighted by Crippen LogP contribution is -2.03. The van der Waals surface area contributed by atoms with Crippen LogP contribution in [-0.2, 0) is 9.53 Å². The fourth-order valence-electron chi connectivity index (χ4n) is 1.48. The molecule has 0 aromatic rings. The second-order valence-corrected chi connectivity index (χ2v) is 3.95. The van der Waals surface area contributed by atoms with Gasteiger partial charge >= 0.3 is 0 Å². The van der Waals surface area contributed by atoms with E-state index in [1.807, 2.05) is 13.0 Å². The minimum Gasteiger partial charge on any atom is -0.499 e. The van der Waals surface area contributed by atoms with Crippen LogP contribution in [0.25, 0.3) is 0 Å². The third-order valence-corrected chi connectivity index (χ3v) is 2.39. The quantitative estimate of drug-likeness (QED) is 0.246. The standard InChI is InChI=1S/C13H23NO2/c1-3-11-16-13(2)9-7-5-4-6-8-10-14-12-15/h3,11,13H,4-10H2,1-2H3. The zero-order chi connectivity index (χ0) is 12.1. The van der Waals surface area contributed by atoms with Gasteiger partial charge in [-0.25, -0.2) is 9.79 Å². The summed E-state index contributed by atoms with van der Waals surface area (Å²) < 4.78 is 5.41. The van der Waals surface area contributed by atoms with Crippen molar-refractivity contribution < 1.29 is 9.53 Å². The van der Waals surface area contributed by atoms with Crippen molar-refractivity contribution >= 4 is 6.08 Å². The van der Waals surface area contributed by atoms with Gasteiger partial charge in [-0.2, -0.15) is 0 Å². The van der Waals surface area contributed by atoms with Gasteiger partial charge < -0.3 is 4.74 Å². The molecule has 0 rings (SSSR count). The largest absolute Gasteiger partial charge is 0.499 e. The average molecular weight is 225 g/mol. The molecule has 3 nitrogen and oxygen atoms in total. The fraction of sp³-hybridized carbons (Fsp3) is 0.769. The van der Waals surface area contributed by atoms with Crippen molar-refractivity contribution in [2.45, 2.75) is 58.5 Å². The van der Waals surface area contributed by atoms with Crippen LogP contribution in [0.1, 0.15) is 52.4 Å². The van der Waals surface area contributed by atoms with Gasteiger partial charge in [-0.05, 0) is 33.1 Å². The second-order valence-electron chi connectivity index (χ2n) is 3.95. The zero-order valence-corrected chi connectivity index (χ0v) is 10.4. The number of ether oxygens (including phenoxy) is 1. The first-order chi connectivity index (χ1) is 7.81. The Balaban J connectivity index is 3.16. The van der Waals surface area contributed by atoms with Gasteiger partial charge in [0.2, 0.25) is 6.08 Å². The molecule has 0 amide bonds. The summed E-state index contributed by atoms with van der Waals surface area (Å²) in [6.07, 6.45) is 12.4. The summed E-state index contributed by atoms with van der Waals surface area (Å²) in [5.41, 5.74) is 0. The molecular formula is C13H23NO2. The minimum absolute atomic E-state index is 0.316. The molecule has 92 valence electrons. The molecule has 1 atom stereocenters. The third kappa shape index (κ3) is 11.0. The highest BCUT2D eigenvalue weighted by molar-refractivity contribution is 5.32. The van der Waals surface area contributed by atoms with Gasteiger partial charge in [-0.15, -0.1) is 0 Å². The number of carbonyl (C=O) groups excluding carboxylic acids is 1. The normalized spacial score (nSPS) is 12.4. The van der Waals surface area contributed by atoms with Crippen molar-refractivity contribution in [3.05, 3.63) is 12.3 Å². The molecule has 0 saturated carbocycles. The number of allylic oxidation sites excluding steroid dienone is 1. The number of hydrogen-bond acceptors (Lipinski definition) is 3. The minimum atomic E-state index is 0.316. The Kier molecular flexibility index (Phi) is 11.2. The van der Waals surface area contributed by atoms with Crippen LogP contribution in [0.2, 0.25) is 0 Å². The molecule has 16 heavy (non-hydrogen) atoms. The topological polar surface area (TPSA) is 38.7 Å². The Bertz CT molecular complexity index is 220. The van der Waals surface area contributed by atoms with Crippen LogP contribution in [0, 0.1) is 0 Å². The van der Waals surface area contributed by atoms with E-state index in [1.54, 1.807) is 12.3 Å². The predicted molar refractivity (Wildman–Crippen MR) is 66.1 cm³/mol. The molecule has 0 aliphatic rings. The first-order valence-electron chi connectivity index (χ1n) is 6.11. The van der Waals surface area contributed by atoms with Crippen LogP contribution in [0.4, 0.5) is 0 Å². The number of isocyanates is 1. The second kappa shape index (κ2) is 12.0. The van der Waals surface area contributed by atoms with Crippen LogP contribution in [0.3, 0.4) is 0 Å². The van der Waals surface area contributed by atoms with Crippen molar-refractivity contribution in [3.63, 3.8) is 0 Å². The Morgan fingerprint density at radius 1 is 1.25 bits per heavy atom. The maximum absolute atomic E-state index is 9.79. The summed E-state index contributed by atoms with van der Waals surface area (Å²) in [6.45, 7) is 4.68. The van der Waals surface area contributed by atoms with E-state index in [0.29, 0.717) is 12.6 Å². The molecule has 3 heteroatoms. The number of unbranched alkanes of at least 4 members (excludes halogenated alkanes) is 4. The average Bonchev–Trinajstić information content (AvgIpc) is 2.30. The maximum Gasteiger partial charge on any atom is 0.234 e. The molecule has 0 spiro atoms. The first-order valence-corrected chi connectivity index (χ1v) is 6.11. The van der Waals surface area contributed by atoms with Gasteiger partial charge in [0.15, 0.2) is 0 Å². The van der Waals surface area contributed by atoms with Crippen LogP contribution < -0.4 is 0 Å². The molecule has 0 aromatic heterocycles. The molecular weight excluding hydrogens is 202 g/mol. The van der Waals surface area contributed by atoms with E-state index in [0.717, 1.165) is 19.3 Å². The third-order valence-electron chi connectivity index (χ3n) is 2.39. The Labute approximate surface area is 98.6 Å². The summed E-state index contributed by atoms with van der Waals surface area (Å²) in [5, 5.41) is 0. The highest BCUT2D eigenvalue weighted by atomic mass is 16.5. The lowest BCUT2D eigenvalue weighted by Gasteiger charge is -2.10. The van der Waals surface area contributed by atoms with E-state index in [2.05, 4.69) is 11.9 Å². The summed E-state index contributed by atoms with van der Waals surface area (Å²) in [6, 6.07) is 0. The number of hydrogen-bond donors (Lipinski definition) is 0. The van der Waals surface area contributed by atoms with Crippen molar-refractivity contribution in [1.82, 2.24) is 0 Å². The van der Waals surface area contributed by atoms with Gasteiger partial charge in [-0.1, -0.05) is 25.3 Å². The monoisotopic (exact) mass is 225 g/mol. The highest BCUT2D eigenvalue weighted by Crippen LogP contribution is 2.09. The molecule has 0 aliphatic heterocycles. The molecule has 0 radical (unpaired) electrons. The SMILES string of the molecule is CC=COC(C)CCCCCCCN=C=O. The lowest BCUT2D eigenvalue weighted by atomic mass is 10.1. The first kappa shape index (κ1) is 14.9. The van der Waals surface area contributed by atoms with Crippen molar-refractivity contribution in [2.75, 3.05) is 6.54 Å². The van der Waals surface area contributed by atoms with Gasteiger partial charge in [0.1, 0.15) is 0 Å². The molecule has 0 fully saturated rings. The summed E-state index contributed by atoms with van der Waals surface area (Å²) >= 11 is 0. The fourth-order valence-corrected chi connectivity index (χ4v) is 1.48. The lowest BCUT2D eigenvalue weighted by molar-refractivity contribution is 0.149. The van der Waals surface area contributed by atoms with Crippen molar-refractivity contribution in [2.24, 2.45) is 4.99 Å². The van der Waals surface area contributed by atoms with Gasteiger partial charge in [-0.3, -0.25) is 0 Å².